The molecule has 0 aliphatic carbocycles. The van der Waals surface area contributed by atoms with Crippen molar-refractivity contribution in [2.75, 3.05) is 19.6 Å². The van der Waals surface area contributed by atoms with E-state index in [1.54, 1.807) is 0 Å². The number of nitrogens with zero attached hydrogens (tertiary/aromatic N) is 1. The summed E-state index contributed by atoms with van der Waals surface area (Å²) in [5.74, 6) is 0.0972. The molecule has 0 aliphatic rings. The van der Waals surface area contributed by atoms with Gasteiger partial charge < -0.3 is 11.1 Å². The van der Waals surface area contributed by atoms with Crippen LogP contribution in [-0.2, 0) is 4.79 Å². The number of hydrogen-bond acceptors (Lipinski definition) is 3. The largest absolute Gasteiger partial charge is 0.354 e. The van der Waals surface area contributed by atoms with E-state index in [9.17, 15) is 4.79 Å². The maximum Gasteiger partial charge on any atom is 0.221 e. The maximum atomic E-state index is 11.7. The van der Waals surface area contributed by atoms with Crippen molar-refractivity contribution < 1.29 is 4.79 Å². The molecule has 0 rings (SSSR count). The van der Waals surface area contributed by atoms with Gasteiger partial charge in [0.05, 0.1) is 0 Å². The van der Waals surface area contributed by atoms with Crippen LogP contribution in [0.4, 0.5) is 0 Å². The number of carbonyl (C=O) groups excluding carboxylic acids is 1. The predicted octanol–water partition coefficient (Wildman–Crippen LogP) is 0.960. The van der Waals surface area contributed by atoms with Crippen molar-refractivity contribution in [3.63, 3.8) is 0 Å². The third-order valence-electron chi connectivity index (χ3n) is 2.58. The van der Waals surface area contributed by atoms with Gasteiger partial charge in [0.2, 0.25) is 5.91 Å². The van der Waals surface area contributed by atoms with Crippen molar-refractivity contribution in [2.45, 2.75) is 52.6 Å². The minimum atomic E-state index is 0.0972. The second-order valence-electron chi connectivity index (χ2n) is 4.44. The monoisotopic (exact) mass is 229 g/mol. The molecule has 0 aromatic heterocycles. The van der Waals surface area contributed by atoms with Gasteiger partial charge in [-0.05, 0) is 33.4 Å². The highest BCUT2D eigenvalue weighted by Gasteiger charge is 2.18. The molecule has 1 atom stereocenters. The summed E-state index contributed by atoms with van der Waals surface area (Å²) in [6.45, 7) is 10.7. The van der Waals surface area contributed by atoms with Crippen molar-refractivity contribution in [3.8, 4) is 0 Å². The Labute approximate surface area is 99.6 Å². The van der Waals surface area contributed by atoms with Crippen molar-refractivity contribution >= 4 is 5.91 Å². The lowest BCUT2D eigenvalue weighted by Gasteiger charge is -2.29. The molecular formula is C12H27N3O. The maximum absolute atomic E-state index is 11.7. The molecule has 0 heterocycles. The smallest absolute Gasteiger partial charge is 0.221 e. The summed E-state index contributed by atoms with van der Waals surface area (Å²) in [5, 5.41) is 2.91. The Kier molecular flexibility index (Phi) is 8.21. The second-order valence-corrected chi connectivity index (χ2v) is 4.44. The number of likely N-dealkylation sites (N-methyl/N-ethyl adjacent to an activating group) is 1. The van der Waals surface area contributed by atoms with E-state index in [1.165, 1.54) is 0 Å². The summed E-state index contributed by atoms with van der Waals surface area (Å²) in [4.78, 5) is 13.9. The number of nitrogens with one attached hydrogen (secondary N) is 1. The number of amides is 1. The zero-order valence-corrected chi connectivity index (χ0v) is 11.1. The summed E-state index contributed by atoms with van der Waals surface area (Å²) >= 11 is 0. The highest BCUT2D eigenvalue weighted by atomic mass is 16.1. The van der Waals surface area contributed by atoms with Gasteiger partial charge in [-0.2, -0.15) is 0 Å². The Morgan fingerprint density at radius 3 is 2.38 bits per heavy atom. The van der Waals surface area contributed by atoms with Crippen molar-refractivity contribution in [1.82, 2.24) is 10.2 Å². The SMILES string of the molecule is CCCN(CC)C(CN)CC(=O)NC(C)C. The van der Waals surface area contributed by atoms with Gasteiger partial charge in [0, 0.05) is 25.0 Å². The fourth-order valence-corrected chi connectivity index (χ4v) is 1.84. The van der Waals surface area contributed by atoms with Gasteiger partial charge in [-0.3, -0.25) is 9.69 Å². The molecule has 0 radical (unpaired) electrons. The molecule has 0 saturated heterocycles. The van der Waals surface area contributed by atoms with Gasteiger partial charge in [-0.1, -0.05) is 13.8 Å². The summed E-state index contributed by atoms with van der Waals surface area (Å²) < 4.78 is 0. The quantitative estimate of drug-likeness (QED) is 0.652. The third kappa shape index (κ3) is 6.08. The highest BCUT2D eigenvalue weighted by Crippen LogP contribution is 2.04. The van der Waals surface area contributed by atoms with E-state index in [4.69, 9.17) is 5.73 Å². The summed E-state index contributed by atoms with van der Waals surface area (Å²) in [5.41, 5.74) is 5.74. The number of carbonyl (C=O) groups is 1. The van der Waals surface area contributed by atoms with Crippen LogP contribution in [0.5, 0.6) is 0 Å². The van der Waals surface area contributed by atoms with Gasteiger partial charge in [-0.25, -0.2) is 0 Å². The number of rotatable bonds is 8. The van der Waals surface area contributed by atoms with Crippen LogP contribution in [-0.4, -0.2) is 42.5 Å². The topological polar surface area (TPSA) is 58.4 Å². The molecule has 0 aliphatic heterocycles. The molecule has 4 nitrogen and oxygen atoms in total. The summed E-state index contributed by atoms with van der Waals surface area (Å²) in [6.07, 6.45) is 1.60. The Hall–Kier alpha value is -0.610. The van der Waals surface area contributed by atoms with E-state index >= 15 is 0 Å². The van der Waals surface area contributed by atoms with Crippen LogP contribution >= 0.6 is 0 Å². The first-order valence-corrected chi connectivity index (χ1v) is 6.28. The first-order valence-electron chi connectivity index (χ1n) is 6.28. The summed E-state index contributed by atoms with van der Waals surface area (Å²) in [7, 11) is 0. The first kappa shape index (κ1) is 15.4. The molecule has 96 valence electrons. The Morgan fingerprint density at radius 1 is 1.38 bits per heavy atom. The zero-order valence-electron chi connectivity index (χ0n) is 11.1. The van der Waals surface area contributed by atoms with Gasteiger partial charge >= 0.3 is 0 Å². The van der Waals surface area contributed by atoms with Crippen molar-refractivity contribution in [1.29, 1.82) is 0 Å². The molecule has 4 heteroatoms. The van der Waals surface area contributed by atoms with E-state index in [0.717, 1.165) is 19.5 Å². The average molecular weight is 229 g/mol. The minimum absolute atomic E-state index is 0.0972. The van der Waals surface area contributed by atoms with Crippen LogP contribution in [0.15, 0.2) is 0 Å². The van der Waals surface area contributed by atoms with E-state index < -0.39 is 0 Å². The van der Waals surface area contributed by atoms with E-state index in [0.29, 0.717) is 13.0 Å². The molecular weight excluding hydrogens is 202 g/mol. The molecule has 3 N–H and O–H groups in total. The zero-order chi connectivity index (χ0) is 12.6. The molecule has 0 fully saturated rings. The van der Waals surface area contributed by atoms with Gasteiger partial charge in [0.15, 0.2) is 0 Å². The van der Waals surface area contributed by atoms with Crippen LogP contribution < -0.4 is 11.1 Å². The minimum Gasteiger partial charge on any atom is -0.354 e. The Bertz CT molecular complexity index is 195. The van der Waals surface area contributed by atoms with Gasteiger partial charge in [0.25, 0.3) is 0 Å². The van der Waals surface area contributed by atoms with Crippen LogP contribution in [0.1, 0.15) is 40.5 Å². The van der Waals surface area contributed by atoms with Crippen LogP contribution in [0, 0.1) is 0 Å². The number of hydrogen-bond donors (Lipinski definition) is 2. The van der Waals surface area contributed by atoms with E-state index in [-0.39, 0.29) is 18.0 Å². The third-order valence-corrected chi connectivity index (χ3v) is 2.58. The normalized spacial score (nSPS) is 13.2. The lowest BCUT2D eigenvalue weighted by Crippen LogP contribution is -2.45. The molecule has 16 heavy (non-hydrogen) atoms. The Balaban J connectivity index is 4.20. The lowest BCUT2D eigenvalue weighted by molar-refractivity contribution is -0.122. The standard InChI is InChI=1S/C12H27N3O/c1-5-7-15(6-2)11(9-13)8-12(16)14-10(3)4/h10-11H,5-9,13H2,1-4H3,(H,14,16). The fourth-order valence-electron chi connectivity index (χ4n) is 1.84. The van der Waals surface area contributed by atoms with E-state index in [1.807, 2.05) is 13.8 Å². The fraction of sp³-hybridized carbons (Fsp3) is 0.917. The van der Waals surface area contributed by atoms with Crippen LogP contribution in [0.2, 0.25) is 0 Å². The molecule has 1 amide bonds. The first-order chi connectivity index (χ1) is 7.54. The Morgan fingerprint density at radius 2 is 2.00 bits per heavy atom. The summed E-state index contributed by atoms with van der Waals surface area (Å²) in [6, 6.07) is 0.371. The molecule has 0 aromatic rings. The van der Waals surface area contributed by atoms with Crippen LogP contribution in [0.3, 0.4) is 0 Å². The second kappa shape index (κ2) is 8.53. The van der Waals surface area contributed by atoms with E-state index in [2.05, 4.69) is 24.1 Å². The number of nitrogens with two attached hydrogens (primary N) is 1. The van der Waals surface area contributed by atoms with Gasteiger partial charge in [-0.15, -0.1) is 0 Å². The molecule has 1 unspecified atom stereocenters. The van der Waals surface area contributed by atoms with Gasteiger partial charge in [0.1, 0.15) is 0 Å². The highest BCUT2D eigenvalue weighted by molar-refractivity contribution is 5.76. The van der Waals surface area contributed by atoms with Crippen molar-refractivity contribution in [3.05, 3.63) is 0 Å². The predicted molar refractivity (Wildman–Crippen MR) is 68.3 cm³/mol. The molecule has 0 saturated carbocycles. The van der Waals surface area contributed by atoms with Crippen molar-refractivity contribution in [2.24, 2.45) is 5.73 Å². The van der Waals surface area contributed by atoms with Crippen LogP contribution in [0.25, 0.3) is 0 Å². The molecule has 0 spiro atoms. The lowest BCUT2D eigenvalue weighted by atomic mass is 10.1. The molecule has 0 bridgehead atoms. The average Bonchev–Trinajstić information content (AvgIpc) is 2.22. The molecule has 0 aromatic carbocycles.